The van der Waals surface area contributed by atoms with E-state index in [0.29, 0.717) is 17.3 Å². The van der Waals surface area contributed by atoms with E-state index in [1.807, 2.05) is 0 Å². The summed E-state index contributed by atoms with van der Waals surface area (Å²) in [7, 11) is 0. The SMILES string of the molecule is Cc1ccc(-n2nc(C)c(C[C@@H]3[C@H](C=C(Br)Br)C3(C)C)c2C)cc1. The fraction of sp³-hybridized carbons (Fsp3) is 0.450. The zero-order valence-electron chi connectivity index (χ0n) is 14.9. The molecule has 0 N–H and O–H groups in total. The number of nitrogens with zero attached hydrogens (tertiary/aromatic N) is 2. The van der Waals surface area contributed by atoms with Crippen LogP contribution in [0.3, 0.4) is 0 Å². The van der Waals surface area contributed by atoms with Crippen LogP contribution >= 0.6 is 31.9 Å². The Bertz CT molecular complexity index is 781. The van der Waals surface area contributed by atoms with Gasteiger partial charge in [0.15, 0.2) is 0 Å². The van der Waals surface area contributed by atoms with Crippen molar-refractivity contribution in [2.45, 2.75) is 41.0 Å². The van der Waals surface area contributed by atoms with Crippen molar-refractivity contribution in [2.24, 2.45) is 17.3 Å². The summed E-state index contributed by atoms with van der Waals surface area (Å²) in [5.41, 5.74) is 6.57. The zero-order valence-corrected chi connectivity index (χ0v) is 18.1. The van der Waals surface area contributed by atoms with Gasteiger partial charge >= 0.3 is 0 Å². The summed E-state index contributed by atoms with van der Waals surface area (Å²) in [4.78, 5) is 0. The smallest absolute Gasteiger partial charge is 0.0649 e. The lowest BCUT2D eigenvalue weighted by Crippen LogP contribution is -2.01. The van der Waals surface area contributed by atoms with E-state index in [2.05, 4.69) is 102 Å². The highest BCUT2D eigenvalue weighted by molar-refractivity contribution is 9.28. The second-order valence-electron chi connectivity index (χ2n) is 7.51. The standard InChI is InChI=1S/C20H24Br2N2/c1-12-6-8-15(9-7-12)24-14(3)16(13(2)23-24)10-17-18(11-19(21)22)20(17,4)5/h6-9,11,17-18H,10H2,1-5H3/t17-,18+/m1/s1. The second-order valence-corrected chi connectivity index (χ2v) is 10.3. The average Bonchev–Trinajstić information content (AvgIpc) is 2.86. The molecule has 0 aliphatic heterocycles. The van der Waals surface area contributed by atoms with Crippen LogP contribution in [0.2, 0.25) is 0 Å². The third-order valence-electron chi connectivity index (χ3n) is 5.59. The molecule has 1 saturated carbocycles. The lowest BCUT2D eigenvalue weighted by Gasteiger charge is -2.07. The molecule has 0 spiro atoms. The van der Waals surface area contributed by atoms with Gasteiger partial charge in [0.2, 0.25) is 0 Å². The Morgan fingerprint density at radius 2 is 1.79 bits per heavy atom. The second kappa shape index (κ2) is 6.45. The third-order valence-corrected chi connectivity index (χ3v) is 6.12. The number of aromatic nitrogens is 2. The molecule has 128 valence electrons. The van der Waals surface area contributed by atoms with Crippen LogP contribution in [-0.2, 0) is 6.42 Å². The van der Waals surface area contributed by atoms with Gasteiger partial charge in [0.1, 0.15) is 0 Å². The molecule has 1 aromatic carbocycles. The summed E-state index contributed by atoms with van der Waals surface area (Å²) in [6.45, 7) is 11.2. The van der Waals surface area contributed by atoms with Crippen LogP contribution in [0.15, 0.2) is 33.7 Å². The van der Waals surface area contributed by atoms with Crippen LogP contribution in [0.25, 0.3) is 5.69 Å². The van der Waals surface area contributed by atoms with Crippen LogP contribution in [0, 0.1) is 38.0 Å². The molecule has 4 heteroatoms. The van der Waals surface area contributed by atoms with E-state index in [9.17, 15) is 0 Å². The van der Waals surface area contributed by atoms with Gasteiger partial charge in [-0.3, -0.25) is 0 Å². The molecule has 3 rings (SSSR count). The highest BCUT2D eigenvalue weighted by Gasteiger charge is 2.56. The zero-order chi connectivity index (χ0) is 17.6. The van der Waals surface area contributed by atoms with Crippen LogP contribution in [0.5, 0.6) is 0 Å². The Hall–Kier alpha value is -0.870. The molecule has 2 atom stereocenters. The molecule has 0 radical (unpaired) electrons. The van der Waals surface area contributed by atoms with Crippen LogP contribution < -0.4 is 0 Å². The van der Waals surface area contributed by atoms with E-state index < -0.39 is 0 Å². The molecule has 0 unspecified atom stereocenters. The van der Waals surface area contributed by atoms with Crippen molar-refractivity contribution in [3.8, 4) is 5.69 Å². The topological polar surface area (TPSA) is 17.8 Å². The summed E-state index contributed by atoms with van der Waals surface area (Å²) >= 11 is 7.02. The number of allylic oxidation sites excluding steroid dienone is 1. The van der Waals surface area contributed by atoms with Gasteiger partial charge in [-0.1, -0.05) is 37.6 Å². The van der Waals surface area contributed by atoms with Crippen molar-refractivity contribution < 1.29 is 0 Å². The average molecular weight is 452 g/mol. The molecule has 0 saturated heterocycles. The molecule has 0 bridgehead atoms. The van der Waals surface area contributed by atoms with Crippen LogP contribution in [-0.4, -0.2) is 9.78 Å². The third kappa shape index (κ3) is 3.28. The fourth-order valence-corrected chi connectivity index (χ4v) is 4.34. The van der Waals surface area contributed by atoms with E-state index in [-0.39, 0.29) is 0 Å². The highest BCUT2D eigenvalue weighted by Crippen LogP contribution is 2.61. The lowest BCUT2D eigenvalue weighted by molar-refractivity contribution is 0.548. The van der Waals surface area contributed by atoms with Gasteiger partial charge in [-0.15, -0.1) is 0 Å². The maximum Gasteiger partial charge on any atom is 0.0649 e. The van der Waals surface area contributed by atoms with E-state index in [0.717, 1.165) is 21.2 Å². The van der Waals surface area contributed by atoms with Gasteiger partial charge in [-0.25, -0.2) is 4.68 Å². The van der Waals surface area contributed by atoms with Crippen molar-refractivity contribution in [2.75, 3.05) is 0 Å². The molecular formula is C20H24Br2N2. The maximum absolute atomic E-state index is 4.81. The molecular weight excluding hydrogens is 428 g/mol. The van der Waals surface area contributed by atoms with Gasteiger partial charge in [0.05, 0.1) is 14.8 Å². The number of hydrogen-bond acceptors (Lipinski definition) is 1. The Labute approximate surface area is 161 Å². The first-order valence-electron chi connectivity index (χ1n) is 8.36. The molecule has 0 amide bonds. The first-order chi connectivity index (χ1) is 11.2. The van der Waals surface area contributed by atoms with E-state index in [1.165, 1.54) is 16.8 Å². The Morgan fingerprint density at radius 3 is 2.38 bits per heavy atom. The minimum atomic E-state index is 0.345. The van der Waals surface area contributed by atoms with Gasteiger partial charge < -0.3 is 0 Å². The first-order valence-corrected chi connectivity index (χ1v) is 9.95. The van der Waals surface area contributed by atoms with E-state index >= 15 is 0 Å². The summed E-state index contributed by atoms with van der Waals surface area (Å²) in [5.74, 6) is 1.27. The summed E-state index contributed by atoms with van der Waals surface area (Å²) < 4.78 is 3.14. The van der Waals surface area contributed by atoms with Crippen molar-refractivity contribution in [1.29, 1.82) is 0 Å². The molecule has 1 aliphatic rings. The monoisotopic (exact) mass is 450 g/mol. The summed E-state index contributed by atoms with van der Waals surface area (Å²) in [6.07, 6.45) is 3.38. The summed E-state index contributed by atoms with van der Waals surface area (Å²) in [6, 6.07) is 8.58. The van der Waals surface area contributed by atoms with E-state index in [4.69, 9.17) is 5.10 Å². The predicted octanol–water partition coefficient (Wildman–Crippen LogP) is 6.24. The Morgan fingerprint density at radius 1 is 1.17 bits per heavy atom. The largest absolute Gasteiger partial charge is 0.238 e. The van der Waals surface area contributed by atoms with Crippen molar-refractivity contribution in [1.82, 2.24) is 9.78 Å². The minimum absolute atomic E-state index is 0.345. The molecule has 1 aliphatic carbocycles. The fourth-order valence-electron chi connectivity index (χ4n) is 3.77. The van der Waals surface area contributed by atoms with Crippen molar-refractivity contribution in [3.63, 3.8) is 0 Å². The van der Waals surface area contributed by atoms with Gasteiger partial charge in [-0.2, -0.15) is 5.10 Å². The first kappa shape index (κ1) is 17.9. The molecule has 2 aromatic rings. The minimum Gasteiger partial charge on any atom is -0.238 e. The van der Waals surface area contributed by atoms with Crippen LogP contribution in [0.1, 0.15) is 36.4 Å². The molecule has 1 aromatic heterocycles. The van der Waals surface area contributed by atoms with Gasteiger partial charge in [0, 0.05) is 5.69 Å². The quantitative estimate of drug-likeness (QED) is 0.537. The van der Waals surface area contributed by atoms with Crippen molar-refractivity contribution >= 4 is 31.9 Å². The molecule has 1 fully saturated rings. The molecule has 2 nitrogen and oxygen atoms in total. The number of rotatable bonds is 4. The van der Waals surface area contributed by atoms with Crippen LogP contribution in [0.4, 0.5) is 0 Å². The Balaban J connectivity index is 1.88. The van der Waals surface area contributed by atoms with E-state index in [1.54, 1.807) is 0 Å². The Kier molecular flexibility index (Phi) is 4.82. The normalized spacial score (nSPS) is 21.6. The summed E-state index contributed by atoms with van der Waals surface area (Å²) in [5, 5.41) is 4.81. The molecule has 1 heterocycles. The predicted molar refractivity (Wildman–Crippen MR) is 108 cm³/mol. The number of aryl methyl sites for hydroxylation is 2. The number of hydrogen-bond donors (Lipinski definition) is 0. The lowest BCUT2D eigenvalue weighted by atomic mass is 10.0. The molecule has 24 heavy (non-hydrogen) atoms. The number of halogens is 2. The van der Waals surface area contributed by atoms with Gasteiger partial charge in [0.25, 0.3) is 0 Å². The van der Waals surface area contributed by atoms with Crippen molar-refractivity contribution in [3.05, 3.63) is 56.2 Å². The maximum atomic E-state index is 4.81. The highest BCUT2D eigenvalue weighted by atomic mass is 79.9. The number of benzene rings is 1. The van der Waals surface area contributed by atoms with Gasteiger partial charge in [-0.05, 0) is 94.0 Å².